The van der Waals surface area contributed by atoms with Crippen LogP contribution in [0.3, 0.4) is 0 Å². The first-order valence-corrected chi connectivity index (χ1v) is 9.56. The van der Waals surface area contributed by atoms with Crippen LogP contribution in [0.5, 0.6) is 11.5 Å². The zero-order valence-corrected chi connectivity index (χ0v) is 16.8. The first kappa shape index (κ1) is 19.3. The molecule has 1 aliphatic heterocycles. The molecule has 2 heterocycles. The lowest BCUT2D eigenvalue weighted by atomic mass is 10.0. The number of aromatic nitrogens is 1. The molecule has 0 bridgehead atoms. The van der Waals surface area contributed by atoms with Gasteiger partial charge in [-0.05, 0) is 60.7 Å². The fourth-order valence-electron chi connectivity index (χ4n) is 3.66. The Bertz CT molecular complexity index is 978. The van der Waals surface area contributed by atoms with Crippen molar-refractivity contribution >= 4 is 5.82 Å². The zero-order chi connectivity index (χ0) is 20.6. The Balaban J connectivity index is 1.50. The van der Waals surface area contributed by atoms with Crippen LogP contribution in [0.1, 0.15) is 18.4 Å². The van der Waals surface area contributed by atoms with Gasteiger partial charge in [-0.15, -0.1) is 0 Å². The highest BCUT2D eigenvalue weighted by atomic mass is 17.0. The monoisotopic (exact) mass is 395 g/mol. The third-order valence-electron chi connectivity index (χ3n) is 5.09. The Morgan fingerprint density at radius 3 is 2.62 bits per heavy atom. The molecule has 7 nitrogen and oxygen atoms in total. The van der Waals surface area contributed by atoms with E-state index in [0.29, 0.717) is 12.3 Å². The summed E-state index contributed by atoms with van der Waals surface area (Å²) in [7, 11) is 4.15. The fraction of sp³-hybridized carbons (Fsp3) is 0.318. The van der Waals surface area contributed by atoms with E-state index in [-0.39, 0.29) is 5.75 Å². The number of pyridine rings is 1. The van der Waals surface area contributed by atoms with Crippen molar-refractivity contribution in [1.82, 2.24) is 9.88 Å². The van der Waals surface area contributed by atoms with Gasteiger partial charge in [0.2, 0.25) is 0 Å². The SMILES string of the molecule is Cc1cc2c(cc1-c1ccc(NCC3=C(N(C)C)CCC=C3)nc1)OC(O)(O)O2. The maximum Gasteiger partial charge on any atom is 0.505 e. The van der Waals surface area contributed by atoms with Crippen molar-refractivity contribution in [1.29, 1.82) is 0 Å². The normalized spacial score (nSPS) is 16.9. The molecule has 2 aliphatic rings. The lowest BCUT2D eigenvalue weighted by molar-refractivity contribution is -0.385. The van der Waals surface area contributed by atoms with Gasteiger partial charge < -0.3 is 19.7 Å². The second-order valence-corrected chi connectivity index (χ2v) is 7.46. The maximum atomic E-state index is 9.50. The van der Waals surface area contributed by atoms with Gasteiger partial charge >= 0.3 is 6.16 Å². The summed E-state index contributed by atoms with van der Waals surface area (Å²) in [6, 6.07) is 7.35. The van der Waals surface area contributed by atoms with Crippen molar-refractivity contribution in [2.75, 3.05) is 26.0 Å². The second-order valence-electron chi connectivity index (χ2n) is 7.46. The molecule has 0 amide bonds. The van der Waals surface area contributed by atoms with Gasteiger partial charge in [-0.2, -0.15) is 0 Å². The van der Waals surface area contributed by atoms with E-state index in [1.807, 2.05) is 19.1 Å². The van der Waals surface area contributed by atoms with Crippen molar-refractivity contribution in [2.24, 2.45) is 0 Å². The third-order valence-corrected chi connectivity index (χ3v) is 5.09. The average Bonchev–Trinajstić information content (AvgIpc) is 2.99. The molecule has 0 saturated heterocycles. The average molecular weight is 395 g/mol. The minimum atomic E-state index is -2.62. The standard InChI is InChI=1S/C22H25N3O4/c1-14-10-19-20(29-22(26,27)28-19)11-17(14)15-8-9-21(23-12-15)24-13-16-6-4-5-7-18(16)25(2)3/h4,6,8-12,26-27H,5,7,13H2,1-3H3,(H,23,24). The van der Waals surface area contributed by atoms with E-state index in [2.05, 4.69) is 41.4 Å². The van der Waals surface area contributed by atoms with Gasteiger partial charge in [0.25, 0.3) is 0 Å². The molecule has 29 heavy (non-hydrogen) atoms. The van der Waals surface area contributed by atoms with Crippen LogP contribution in [0.15, 0.2) is 53.9 Å². The highest BCUT2D eigenvalue weighted by Gasteiger charge is 2.38. The molecule has 2 aromatic rings. The van der Waals surface area contributed by atoms with Gasteiger partial charge in [-0.25, -0.2) is 4.98 Å². The maximum absolute atomic E-state index is 9.50. The summed E-state index contributed by atoms with van der Waals surface area (Å²) in [6.45, 7) is 2.64. The van der Waals surface area contributed by atoms with Crippen molar-refractivity contribution in [3.63, 3.8) is 0 Å². The van der Waals surface area contributed by atoms with E-state index >= 15 is 0 Å². The highest BCUT2D eigenvalue weighted by Crippen LogP contribution is 2.42. The summed E-state index contributed by atoms with van der Waals surface area (Å²) in [4.78, 5) is 6.70. The number of rotatable bonds is 5. The fourth-order valence-corrected chi connectivity index (χ4v) is 3.66. The zero-order valence-electron chi connectivity index (χ0n) is 16.8. The molecule has 1 aliphatic carbocycles. The molecule has 0 saturated carbocycles. The summed E-state index contributed by atoms with van der Waals surface area (Å²) in [5.41, 5.74) is 5.32. The van der Waals surface area contributed by atoms with Crippen LogP contribution < -0.4 is 14.8 Å². The number of nitrogens with zero attached hydrogens (tertiary/aromatic N) is 2. The Morgan fingerprint density at radius 1 is 1.17 bits per heavy atom. The number of anilines is 1. The Labute approximate surface area is 169 Å². The molecular formula is C22H25N3O4. The number of aliphatic hydroxyl groups is 2. The predicted octanol–water partition coefficient (Wildman–Crippen LogP) is 3.00. The first-order valence-electron chi connectivity index (χ1n) is 9.56. The quantitative estimate of drug-likeness (QED) is 0.671. The van der Waals surface area contributed by atoms with Gasteiger partial charge in [-0.3, -0.25) is 10.2 Å². The largest absolute Gasteiger partial charge is 0.505 e. The molecule has 7 heteroatoms. The number of allylic oxidation sites excluding steroid dienone is 2. The number of hydrogen-bond acceptors (Lipinski definition) is 7. The third kappa shape index (κ3) is 4.06. The number of ether oxygens (including phenoxy) is 2. The van der Waals surface area contributed by atoms with Crippen LogP contribution in [0.25, 0.3) is 11.1 Å². The predicted molar refractivity (Wildman–Crippen MR) is 110 cm³/mol. The van der Waals surface area contributed by atoms with E-state index in [1.165, 1.54) is 11.3 Å². The lowest BCUT2D eigenvalue weighted by Gasteiger charge is -2.23. The van der Waals surface area contributed by atoms with Crippen LogP contribution >= 0.6 is 0 Å². The molecule has 0 atom stereocenters. The van der Waals surface area contributed by atoms with Crippen LogP contribution in [0.4, 0.5) is 5.82 Å². The van der Waals surface area contributed by atoms with E-state index < -0.39 is 6.16 Å². The molecule has 3 N–H and O–H groups in total. The summed E-state index contributed by atoms with van der Waals surface area (Å²) in [5.74, 6) is 1.37. The van der Waals surface area contributed by atoms with Crippen molar-refractivity contribution in [3.8, 4) is 22.6 Å². The summed E-state index contributed by atoms with van der Waals surface area (Å²) in [5, 5.41) is 22.4. The van der Waals surface area contributed by atoms with Gasteiger partial charge in [0.05, 0.1) is 0 Å². The number of hydrogen-bond donors (Lipinski definition) is 3. The number of fused-ring (bicyclic) bond motifs is 1. The van der Waals surface area contributed by atoms with Crippen LogP contribution in [-0.4, -0.2) is 46.9 Å². The second kappa shape index (κ2) is 7.42. The molecule has 0 radical (unpaired) electrons. The molecule has 0 unspecified atom stereocenters. The Kier molecular flexibility index (Phi) is 4.94. The minimum absolute atomic E-state index is 0.282. The minimum Gasteiger partial charge on any atom is -0.403 e. The van der Waals surface area contributed by atoms with Crippen molar-refractivity contribution < 1.29 is 19.7 Å². The summed E-state index contributed by atoms with van der Waals surface area (Å²) >= 11 is 0. The molecular weight excluding hydrogens is 370 g/mol. The van der Waals surface area contributed by atoms with Crippen LogP contribution in [-0.2, 0) is 0 Å². The van der Waals surface area contributed by atoms with Gasteiger partial charge in [0.1, 0.15) is 5.82 Å². The topological polar surface area (TPSA) is 87.1 Å². The van der Waals surface area contributed by atoms with E-state index in [1.54, 1.807) is 18.3 Å². The van der Waals surface area contributed by atoms with E-state index in [4.69, 9.17) is 9.47 Å². The summed E-state index contributed by atoms with van der Waals surface area (Å²) < 4.78 is 9.96. The highest BCUT2D eigenvalue weighted by molar-refractivity contribution is 5.71. The number of nitrogens with one attached hydrogen (secondary N) is 1. The van der Waals surface area contributed by atoms with Gasteiger partial charge in [0.15, 0.2) is 11.5 Å². The molecule has 0 fully saturated rings. The molecule has 1 aromatic heterocycles. The number of aryl methyl sites for hydroxylation is 1. The Hall–Kier alpha value is -3.03. The number of benzene rings is 1. The van der Waals surface area contributed by atoms with E-state index in [0.717, 1.165) is 35.3 Å². The van der Waals surface area contributed by atoms with E-state index in [9.17, 15) is 10.2 Å². The lowest BCUT2D eigenvalue weighted by Crippen LogP contribution is -2.37. The molecule has 4 rings (SSSR count). The summed E-state index contributed by atoms with van der Waals surface area (Å²) in [6.07, 6.45) is 5.68. The van der Waals surface area contributed by atoms with Crippen molar-refractivity contribution in [2.45, 2.75) is 25.9 Å². The molecule has 1 aromatic carbocycles. The molecule has 0 spiro atoms. The van der Waals surface area contributed by atoms with Crippen molar-refractivity contribution in [3.05, 3.63) is 59.4 Å². The van der Waals surface area contributed by atoms with Crippen LogP contribution in [0.2, 0.25) is 0 Å². The smallest absolute Gasteiger partial charge is 0.403 e. The van der Waals surface area contributed by atoms with Crippen LogP contribution in [0, 0.1) is 6.92 Å². The van der Waals surface area contributed by atoms with Gasteiger partial charge in [0, 0.05) is 38.1 Å². The Morgan fingerprint density at radius 2 is 1.93 bits per heavy atom. The van der Waals surface area contributed by atoms with Gasteiger partial charge in [-0.1, -0.05) is 12.2 Å². The first-order chi connectivity index (χ1) is 13.8. The molecule has 152 valence electrons.